The predicted molar refractivity (Wildman–Crippen MR) is 80.0 cm³/mol. The Balaban J connectivity index is 2.55. The van der Waals surface area contributed by atoms with Gasteiger partial charge < -0.3 is 10.1 Å². The molecule has 0 saturated carbocycles. The van der Waals surface area contributed by atoms with Crippen LogP contribution in [0, 0.1) is 13.8 Å². The molecule has 0 radical (unpaired) electrons. The highest BCUT2D eigenvalue weighted by molar-refractivity contribution is 5.47. The first-order chi connectivity index (χ1) is 9.67. The molecule has 1 heterocycles. The molecule has 0 aliphatic heterocycles. The molecule has 0 fully saturated rings. The first-order valence-corrected chi connectivity index (χ1v) is 6.81. The van der Waals surface area contributed by atoms with Crippen molar-refractivity contribution in [3.8, 4) is 5.75 Å². The van der Waals surface area contributed by atoms with E-state index in [1.807, 2.05) is 0 Å². The van der Waals surface area contributed by atoms with E-state index >= 15 is 0 Å². The van der Waals surface area contributed by atoms with Gasteiger partial charge in [-0.25, -0.2) is 0 Å². The van der Waals surface area contributed by atoms with Gasteiger partial charge in [0.15, 0.2) is 0 Å². The fraction of sp³-hybridized carbons (Fsp3) is 0.375. The molecule has 1 aromatic carbocycles. The highest BCUT2D eigenvalue weighted by atomic mass is 16.5. The summed E-state index contributed by atoms with van der Waals surface area (Å²) in [7, 11) is 1.71. The van der Waals surface area contributed by atoms with Crippen LogP contribution in [-0.4, -0.2) is 23.6 Å². The van der Waals surface area contributed by atoms with E-state index in [9.17, 15) is 0 Å². The number of benzene rings is 1. The number of nitrogens with one attached hydrogen (secondary N) is 1. The Morgan fingerprint density at radius 3 is 2.65 bits per heavy atom. The van der Waals surface area contributed by atoms with Crippen LogP contribution in [0.15, 0.2) is 30.7 Å². The molecule has 2 aromatic rings. The Kier molecular flexibility index (Phi) is 4.69. The zero-order valence-electron chi connectivity index (χ0n) is 12.5. The summed E-state index contributed by atoms with van der Waals surface area (Å²) in [5.74, 6) is 0.888. The van der Waals surface area contributed by atoms with Crippen LogP contribution in [-0.2, 0) is 0 Å². The van der Waals surface area contributed by atoms with Crippen LogP contribution in [0.4, 0.5) is 0 Å². The van der Waals surface area contributed by atoms with E-state index < -0.39 is 0 Å². The highest BCUT2D eigenvalue weighted by Gasteiger charge is 2.21. The minimum Gasteiger partial charge on any atom is -0.496 e. The van der Waals surface area contributed by atoms with Gasteiger partial charge in [-0.2, -0.15) is 0 Å². The van der Waals surface area contributed by atoms with Crippen LogP contribution in [0.2, 0.25) is 0 Å². The maximum atomic E-state index is 5.57. The molecular formula is C16H21N3O. The summed E-state index contributed by atoms with van der Waals surface area (Å²) < 4.78 is 5.57. The average Bonchev–Trinajstić information content (AvgIpc) is 2.45. The van der Waals surface area contributed by atoms with Crippen LogP contribution < -0.4 is 10.1 Å². The molecule has 0 aliphatic carbocycles. The third kappa shape index (κ3) is 2.96. The fourth-order valence-electron chi connectivity index (χ4n) is 2.50. The van der Waals surface area contributed by atoms with Crippen LogP contribution in [0.1, 0.15) is 35.3 Å². The maximum Gasteiger partial charge on any atom is 0.124 e. The van der Waals surface area contributed by atoms with Gasteiger partial charge in [0.25, 0.3) is 0 Å². The molecule has 0 aliphatic rings. The van der Waals surface area contributed by atoms with Crippen molar-refractivity contribution in [2.45, 2.75) is 26.8 Å². The molecule has 1 atom stereocenters. The summed E-state index contributed by atoms with van der Waals surface area (Å²) in [6.45, 7) is 7.10. The minimum atomic E-state index is -0.00995. The van der Waals surface area contributed by atoms with Gasteiger partial charge in [-0.3, -0.25) is 9.97 Å². The van der Waals surface area contributed by atoms with Gasteiger partial charge in [-0.1, -0.05) is 13.0 Å². The first kappa shape index (κ1) is 14.5. The highest BCUT2D eigenvalue weighted by Crippen LogP contribution is 2.32. The number of hydrogen-bond donors (Lipinski definition) is 1. The molecule has 0 bridgehead atoms. The molecule has 4 nitrogen and oxygen atoms in total. The molecular weight excluding hydrogens is 250 g/mol. The zero-order valence-corrected chi connectivity index (χ0v) is 12.5. The van der Waals surface area contributed by atoms with Crippen molar-refractivity contribution in [3.05, 3.63) is 53.1 Å². The van der Waals surface area contributed by atoms with Crippen molar-refractivity contribution >= 4 is 0 Å². The number of ether oxygens (including phenoxy) is 1. The van der Waals surface area contributed by atoms with E-state index in [-0.39, 0.29) is 6.04 Å². The average molecular weight is 271 g/mol. The largest absolute Gasteiger partial charge is 0.496 e. The van der Waals surface area contributed by atoms with Gasteiger partial charge in [0.2, 0.25) is 0 Å². The summed E-state index contributed by atoms with van der Waals surface area (Å²) in [5.41, 5.74) is 4.41. The molecule has 106 valence electrons. The zero-order chi connectivity index (χ0) is 14.5. The van der Waals surface area contributed by atoms with Gasteiger partial charge in [0.1, 0.15) is 5.75 Å². The molecule has 0 amide bonds. The molecule has 20 heavy (non-hydrogen) atoms. The van der Waals surface area contributed by atoms with Crippen LogP contribution in [0.5, 0.6) is 5.75 Å². The van der Waals surface area contributed by atoms with Crippen LogP contribution in [0.25, 0.3) is 0 Å². The number of aryl methyl sites for hydroxylation is 2. The Labute approximate surface area is 120 Å². The number of nitrogens with zero attached hydrogens (tertiary/aromatic N) is 2. The van der Waals surface area contributed by atoms with Crippen molar-refractivity contribution in [1.82, 2.24) is 15.3 Å². The number of hydrogen-bond acceptors (Lipinski definition) is 4. The van der Waals surface area contributed by atoms with Crippen LogP contribution in [0.3, 0.4) is 0 Å². The van der Waals surface area contributed by atoms with Gasteiger partial charge in [0, 0.05) is 18.0 Å². The number of aromatic nitrogens is 2. The number of rotatable bonds is 5. The first-order valence-electron chi connectivity index (χ1n) is 6.81. The SMILES string of the molecule is CCNC(c1cnccn1)c1c(C)cc(C)cc1OC. The molecule has 1 N–H and O–H groups in total. The molecule has 1 unspecified atom stereocenters. The lowest BCUT2D eigenvalue weighted by atomic mass is 9.95. The number of methoxy groups -OCH3 is 1. The van der Waals surface area contributed by atoms with Crippen LogP contribution >= 0.6 is 0 Å². The fourth-order valence-corrected chi connectivity index (χ4v) is 2.50. The molecule has 0 saturated heterocycles. The Hall–Kier alpha value is -1.94. The monoisotopic (exact) mass is 271 g/mol. The van der Waals surface area contributed by atoms with Gasteiger partial charge >= 0.3 is 0 Å². The third-order valence-electron chi connectivity index (χ3n) is 3.29. The molecule has 0 spiro atoms. The normalized spacial score (nSPS) is 12.2. The molecule has 2 rings (SSSR count). The second-order valence-corrected chi connectivity index (χ2v) is 4.82. The summed E-state index contributed by atoms with van der Waals surface area (Å²) in [6, 6.07) is 4.21. The summed E-state index contributed by atoms with van der Waals surface area (Å²) in [6.07, 6.45) is 5.20. The van der Waals surface area contributed by atoms with Crippen molar-refractivity contribution < 1.29 is 4.74 Å². The summed E-state index contributed by atoms with van der Waals surface area (Å²) in [5, 5.41) is 3.47. The van der Waals surface area contributed by atoms with Crippen molar-refractivity contribution in [2.75, 3.05) is 13.7 Å². The van der Waals surface area contributed by atoms with Gasteiger partial charge in [-0.15, -0.1) is 0 Å². The van der Waals surface area contributed by atoms with Crippen molar-refractivity contribution in [3.63, 3.8) is 0 Å². The maximum absolute atomic E-state index is 5.57. The quantitative estimate of drug-likeness (QED) is 0.908. The second kappa shape index (κ2) is 6.48. The third-order valence-corrected chi connectivity index (χ3v) is 3.29. The lowest BCUT2D eigenvalue weighted by Crippen LogP contribution is -2.24. The molecule has 4 heteroatoms. The lowest BCUT2D eigenvalue weighted by molar-refractivity contribution is 0.402. The van der Waals surface area contributed by atoms with E-state index in [0.717, 1.165) is 23.6 Å². The Bertz CT molecular complexity index is 569. The topological polar surface area (TPSA) is 47.0 Å². The lowest BCUT2D eigenvalue weighted by Gasteiger charge is -2.22. The van der Waals surface area contributed by atoms with Gasteiger partial charge in [-0.05, 0) is 37.6 Å². The second-order valence-electron chi connectivity index (χ2n) is 4.82. The predicted octanol–water partition coefficient (Wildman–Crippen LogP) is 2.80. The Morgan fingerprint density at radius 1 is 1.25 bits per heavy atom. The van der Waals surface area contributed by atoms with Crippen molar-refractivity contribution in [1.29, 1.82) is 0 Å². The van der Waals surface area contributed by atoms with E-state index in [0.29, 0.717) is 0 Å². The molecule has 1 aromatic heterocycles. The van der Waals surface area contributed by atoms with E-state index in [1.54, 1.807) is 25.7 Å². The van der Waals surface area contributed by atoms with Crippen molar-refractivity contribution in [2.24, 2.45) is 0 Å². The Morgan fingerprint density at radius 2 is 2.05 bits per heavy atom. The summed E-state index contributed by atoms with van der Waals surface area (Å²) in [4.78, 5) is 8.61. The summed E-state index contributed by atoms with van der Waals surface area (Å²) >= 11 is 0. The smallest absolute Gasteiger partial charge is 0.124 e. The van der Waals surface area contributed by atoms with E-state index in [4.69, 9.17) is 4.74 Å². The van der Waals surface area contributed by atoms with E-state index in [1.165, 1.54) is 11.1 Å². The van der Waals surface area contributed by atoms with E-state index in [2.05, 4.69) is 48.2 Å². The minimum absolute atomic E-state index is 0.00995. The van der Waals surface area contributed by atoms with Gasteiger partial charge in [0.05, 0.1) is 25.0 Å². The standard InChI is InChI=1S/C16H21N3O/c1-5-18-16(13-10-17-6-7-19-13)15-12(3)8-11(2)9-14(15)20-4/h6-10,16,18H,5H2,1-4H3.